The topological polar surface area (TPSA) is 32.3 Å². The number of aryl methyl sites for hydroxylation is 1. The van der Waals surface area contributed by atoms with Crippen LogP contribution in [0.15, 0.2) is 29.8 Å². The van der Waals surface area contributed by atoms with Crippen molar-refractivity contribution in [2.45, 2.75) is 51.6 Å². The van der Waals surface area contributed by atoms with Crippen LogP contribution < -0.4 is 5.32 Å². The van der Waals surface area contributed by atoms with E-state index in [1.54, 1.807) is 24.6 Å². The van der Waals surface area contributed by atoms with Crippen molar-refractivity contribution in [2.75, 3.05) is 13.1 Å². The molecule has 21 heavy (non-hydrogen) atoms. The Labute approximate surface area is 127 Å². The van der Waals surface area contributed by atoms with Gasteiger partial charge < -0.3 is 10.4 Å². The standard InChI is InChI=1S/C18H26FNO/c1-14-13-16(7-8-17(14)19)18(21)10-12-20-11-9-15-5-3-2-4-6-15/h5,7-8,13,18,20-21H,2-4,6,9-12H2,1H3. The summed E-state index contributed by atoms with van der Waals surface area (Å²) >= 11 is 0. The predicted octanol–water partition coefficient (Wildman–Crippen LogP) is 4.04. The third kappa shape index (κ3) is 5.25. The molecular weight excluding hydrogens is 265 g/mol. The van der Waals surface area contributed by atoms with Gasteiger partial charge in [-0.3, -0.25) is 0 Å². The first-order valence-corrected chi connectivity index (χ1v) is 7.99. The molecule has 0 radical (unpaired) electrons. The molecule has 0 heterocycles. The van der Waals surface area contributed by atoms with Gasteiger partial charge in [0.05, 0.1) is 6.10 Å². The second-order valence-corrected chi connectivity index (χ2v) is 5.92. The fraction of sp³-hybridized carbons (Fsp3) is 0.556. The molecule has 1 aromatic carbocycles. The highest BCUT2D eigenvalue weighted by atomic mass is 19.1. The zero-order valence-electron chi connectivity index (χ0n) is 12.9. The maximum Gasteiger partial charge on any atom is 0.126 e. The Kier molecular flexibility index (Phi) is 6.40. The van der Waals surface area contributed by atoms with E-state index in [1.165, 1.54) is 31.7 Å². The SMILES string of the molecule is Cc1cc(C(O)CCNCCC2=CCCCC2)ccc1F. The van der Waals surface area contributed by atoms with Crippen molar-refractivity contribution in [3.05, 3.63) is 46.8 Å². The van der Waals surface area contributed by atoms with Crippen LogP contribution in [-0.2, 0) is 0 Å². The lowest BCUT2D eigenvalue weighted by Gasteiger charge is -2.14. The molecule has 1 atom stereocenters. The molecule has 1 aliphatic carbocycles. The van der Waals surface area contributed by atoms with Gasteiger partial charge in [-0.25, -0.2) is 4.39 Å². The summed E-state index contributed by atoms with van der Waals surface area (Å²) in [5.74, 6) is -0.218. The van der Waals surface area contributed by atoms with Crippen LogP contribution in [0.2, 0.25) is 0 Å². The first kappa shape index (κ1) is 16.2. The van der Waals surface area contributed by atoms with Crippen LogP contribution in [0.3, 0.4) is 0 Å². The highest BCUT2D eigenvalue weighted by Gasteiger charge is 2.09. The zero-order chi connectivity index (χ0) is 15.1. The fourth-order valence-electron chi connectivity index (χ4n) is 2.79. The molecule has 0 bridgehead atoms. The van der Waals surface area contributed by atoms with Crippen LogP contribution in [0.25, 0.3) is 0 Å². The number of hydrogen-bond donors (Lipinski definition) is 2. The average molecular weight is 291 g/mol. The van der Waals surface area contributed by atoms with Crippen molar-refractivity contribution in [1.82, 2.24) is 5.32 Å². The van der Waals surface area contributed by atoms with Crippen molar-refractivity contribution < 1.29 is 9.50 Å². The molecule has 1 unspecified atom stereocenters. The highest BCUT2D eigenvalue weighted by Crippen LogP contribution is 2.20. The molecule has 1 aliphatic rings. The molecule has 0 aliphatic heterocycles. The maximum absolute atomic E-state index is 13.2. The Hall–Kier alpha value is -1.19. The van der Waals surface area contributed by atoms with Gasteiger partial charge in [0.15, 0.2) is 0 Å². The predicted molar refractivity (Wildman–Crippen MR) is 84.8 cm³/mol. The van der Waals surface area contributed by atoms with Crippen molar-refractivity contribution in [1.29, 1.82) is 0 Å². The Morgan fingerprint density at radius 3 is 2.86 bits per heavy atom. The molecule has 0 aromatic heterocycles. The van der Waals surface area contributed by atoms with Gasteiger partial charge in [0.1, 0.15) is 5.82 Å². The molecule has 0 amide bonds. The van der Waals surface area contributed by atoms with Gasteiger partial charge in [-0.1, -0.05) is 23.8 Å². The first-order chi connectivity index (χ1) is 10.2. The van der Waals surface area contributed by atoms with Gasteiger partial charge in [0.2, 0.25) is 0 Å². The van der Waals surface area contributed by atoms with E-state index >= 15 is 0 Å². The lowest BCUT2D eigenvalue weighted by atomic mass is 9.97. The Balaban J connectivity index is 1.65. The minimum atomic E-state index is -0.523. The third-order valence-electron chi connectivity index (χ3n) is 4.17. The molecule has 2 N–H and O–H groups in total. The van der Waals surface area contributed by atoms with E-state index in [-0.39, 0.29) is 5.82 Å². The summed E-state index contributed by atoms with van der Waals surface area (Å²) in [4.78, 5) is 0. The fourth-order valence-corrected chi connectivity index (χ4v) is 2.79. The summed E-state index contributed by atoms with van der Waals surface area (Å²) < 4.78 is 13.2. The number of halogens is 1. The zero-order valence-corrected chi connectivity index (χ0v) is 12.9. The molecule has 0 saturated heterocycles. The van der Waals surface area contributed by atoms with Gasteiger partial charge in [-0.15, -0.1) is 0 Å². The second-order valence-electron chi connectivity index (χ2n) is 5.92. The monoisotopic (exact) mass is 291 g/mol. The third-order valence-corrected chi connectivity index (χ3v) is 4.17. The number of benzene rings is 1. The van der Waals surface area contributed by atoms with Gasteiger partial charge in [-0.2, -0.15) is 0 Å². The summed E-state index contributed by atoms with van der Waals surface area (Å²) in [7, 11) is 0. The number of allylic oxidation sites excluding steroid dienone is 1. The van der Waals surface area contributed by atoms with Crippen molar-refractivity contribution >= 4 is 0 Å². The van der Waals surface area contributed by atoms with E-state index in [0.29, 0.717) is 12.0 Å². The molecule has 0 fully saturated rings. The van der Waals surface area contributed by atoms with Crippen molar-refractivity contribution in [3.63, 3.8) is 0 Å². The smallest absolute Gasteiger partial charge is 0.126 e. The molecule has 2 rings (SSSR count). The molecule has 2 nitrogen and oxygen atoms in total. The lowest BCUT2D eigenvalue weighted by Crippen LogP contribution is -2.19. The minimum absolute atomic E-state index is 0.218. The molecule has 3 heteroatoms. The number of aliphatic hydroxyl groups is 1. The quantitative estimate of drug-likeness (QED) is 0.587. The number of rotatable bonds is 7. The van der Waals surface area contributed by atoms with Crippen LogP contribution in [0.4, 0.5) is 4.39 Å². The van der Waals surface area contributed by atoms with Crippen LogP contribution in [0.1, 0.15) is 55.8 Å². The highest BCUT2D eigenvalue weighted by molar-refractivity contribution is 5.25. The summed E-state index contributed by atoms with van der Waals surface area (Å²) in [6.45, 7) is 3.48. The Morgan fingerprint density at radius 1 is 1.29 bits per heavy atom. The van der Waals surface area contributed by atoms with Crippen LogP contribution in [0.5, 0.6) is 0 Å². The average Bonchev–Trinajstić information content (AvgIpc) is 2.50. The van der Waals surface area contributed by atoms with E-state index in [2.05, 4.69) is 11.4 Å². The van der Waals surface area contributed by atoms with Crippen molar-refractivity contribution in [2.24, 2.45) is 0 Å². The van der Waals surface area contributed by atoms with E-state index in [4.69, 9.17) is 0 Å². The maximum atomic E-state index is 13.2. The molecule has 116 valence electrons. The van der Waals surface area contributed by atoms with E-state index in [9.17, 15) is 9.50 Å². The van der Waals surface area contributed by atoms with E-state index in [1.807, 2.05) is 0 Å². The van der Waals surface area contributed by atoms with Crippen LogP contribution in [0, 0.1) is 12.7 Å². The Morgan fingerprint density at radius 2 is 2.14 bits per heavy atom. The largest absolute Gasteiger partial charge is 0.388 e. The summed E-state index contributed by atoms with van der Waals surface area (Å²) in [6.07, 6.45) is 8.77. The van der Waals surface area contributed by atoms with Gasteiger partial charge >= 0.3 is 0 Å². The molecule has 1 aromatic rings. The normalized spacial score (nSPS) is 16.6. The number of hydrogen-bond acceptors (Lipinski definition) is 2. The van der Waals surface area contributed by atoms with Crippen LogP contribution >= 0.6 is 0 Å². The van der Waals surface area contributed by atoms with Gasteiger partial charge in [-0.05, 0) is 75.7 Å². The summed E-state index contributed by atoms with van der Waals surface area (Å²) in [6, 6.07) is 4.82. The lowest BCUT2D eigenvalue weighted by molar-refractivity contribution is 0.167. The van der Waals surface area contributed by atoms with E-state index in [0.717, 1.165) is 25.1 Å². The van der Waals surface area contributed by atoms with Gasteiger partial charge in [0.25, 0.3) is 0 Å². The van der Waals surface area contributed by atoms with Gasteiger partial charge in [0, 0.05) is 0 Å². The van der Waals surface area contributed by atoms with Crippen molar-refractivity contribution in [3.8, 4) is 0 Å². The summed E-state index contributed by atoms with van der Waals surface area (Å²) in [5.41, 5.74) is 2.96. The van der Waals surface area contributed by atoms with Crippen LogP contribution in [-0.4, -0.2) is 18.2 Å². The minimum Gasteiger partial charge on any atom is -0.388 e. The summed E-state index contributed by atoms with van der Waals surface area (Å²) in [5, 5.41) is 13.5. The first-order valence-electron chi connectivity index (χ1n) is 7.99. The number of nitrogens with one attached hydrogen (secondary N) is 1. The molecule has 0 spiro atoms. The Bertz CT molecular complexity index is 484. The molecule has 0 saturated carbocycles. The second kappa shape index (κ2) is 8.30. The van der Waals surface area contributed by atoms with E-state index < -0.39 is 6.10 Å². The number of aliphatic hydroxyl groups excluding tert-OH is 1. The molecular formula is C18H26FNO.